The molecule has 0 aliphatic carbocycles. The molecule has 0 aromatic heterocycles. The zero-order valence-electron chi connectivity index (χ0n) is 11.0. The predicted octanol–water partition coefficient (Wildman–Crippen LogP) is 4.39. The van der Waals surface area contributed by atoms with Gasteiger partial charge < -0.3 is 0 Å². The van der Waals surface area contributed by atoms with Crippen molar-refractivity contribution in [3.05, 3.63) is 70.8 Å². The summed E-state index contributed by atoms with van der Waals surface area (Å²) in [6.07, 6.45) is 0. The molecule has 20 heavy (non-hydrogen) atoms. The molecule has 0 aliphatic rings. The first kappa shape index (κ1) is 14.7. The molecular formula is C16H14F2OS. The first-order valence-electron chi connectivity index (χ1n) is 6.18. The number of carbonyl (C=O) groups is 1. The van der Waals surface area contributed by atoms with Crippen molar-refractivity contribution in [1.29, 1.82) is 0 Å². The normalized spacial score (nSPS) is 10.6. The molecule has 104 valence electrons. The van der Waals surface area contributed by atoms with Crippen LogP contribution in [-0.2, 0) is 5.75 Å². The van der Waals surface area contributed by atoms with Crippen LogP contribution in [0, 0.1) is 18.6 Å². The lowest BCUT2D eigenvalue weighted by Crippen LogP contribution is -2.04. The monoisotopic (exact) mass is 292 g/mol. The topological polar surface area (TPSA) is 17.1 Å². The minimum Gasteiger partial charge on any atom is -0.293 e. The van der Waals surface area contributed by atoms with Gasteiger partial charge in [-0.15, -0.1) is 11.8 Å². The summed E-state index contributed by atoms with van der Waals surface area (Å²) in [4.78, 5) is 11.9. The van der Waals surface area contributed by atoms with Crippen LogP contribution in [0.25, 0.3) is 0 Å². The van der Waals surface area contributed by atoms with Crippen LogP contribution < -0.4 is 0 Å². The van der Waals surface area contributed by atoms with E-state index in [2.05, 4.69) is 6.07 Å². The van der Waals surface area contributed by atoms with Crippen LogP contribution >= 0.6 is 11.8 Å². The van der Waals surface area contributed by atoms with Gasteiger partial charge in [0.25, 0.3) is 0 Å². The van der Waals surface area contributed by atoms with Crippen molar-refractivity contribution in [2.75, 3.05) is 5.75 Å². The van der Waals surface area contributed by atoms with E-state index in [9.17, 15) is 13.6 Å². The van der Waals surface area contributed by atoms with Crippen molar-refractivity contribution in [1.82, 2.24) is 0 Å². The Morgan fingerprint density at radius 1 is 1.10 bits per heavy atom. The maximum atomic E-state index is 13.0. The predicted molar refractivity (Wildman–Crippen MR) is 78.0 cm³/mol. The lowest BCUT2D eigenvalue weighted by atomic mass is 10.1. The first-order valence-corrected chi connectivity index (χ1v) is 7.33. The summed E-state index contributed by atoms with van der Waals surface area (Å²) in [6.45, 7) is 2.01. The molecule has 0 saturated heterocycles. The summed E-state index contributed by atoms with van der Waals surface area (Å²) in [5.41, 5.74) is 2.53. The van der Waals surface area contributed by atoms with Crippen LogP contribution in [-0.4, -0.2) is 11.5 Å². The average molecular weight is 292 g/mol. The maximum Gasteiger partial charge on any atom is 0.172 e. The number of rotatable bonds is 5. The number of aryl methyl sites for hydroxylation is 1. The Bertz CT molecular complexity index is 626. The third-order valence-corrected chi connectivity index (χ3v) is 3.83. The van der Waals surface area contributed by atoms with E-state index in [1.807, 2.05) is 25.1 Å². The smallest absolute Gasteiger partial charge is 0.172 e. The van der Waals surface area contributed by atoms with Gasteiger partial charge >= 0.3 is 0 Å². The first-order chi connectivity index (χ1) is 9.56. The quantitative estimate of drug-likeness (QED) is 0.760. The minimum atomic E-state index is -0.987. The van der Waals surface area contributed by atoms with E-state index in [0.29, 0.717) is 0 Å². The molecule has 0 N–H and O–H groups in total. The molecule has 0 atom stereocenters. The molecule has 2 rings (SSSR count). The summed E-state index contributed by atoms with van der Waals surface area (Å²) >= 11 is 1.46. The zero-order chi connectivity index (χ0) is 14.5. The Kier molecular flexibility index (Phi) is 4.90. The third-order valence-electron chi connectivity index (χ3n) is 2.83. The number of hydrogen-bond donors (Lipinski definition) is 0. The molecule has 0 fully saturated rings. The fourth-order valence-corrected chi connectivity index (χ4v) is 2.69. The fraction of sp³-hybridized carbons (Fsp3) is 0.188. The van der Waals surface area contributed by atoms with Crippen LogP contribution in [0.5, 0.6) is 0 Å². The second-order valence-corrected chi connectivity index (χ2v) is 5.52. The van der Waals surface area contributed by atoms with Crippen LogP contribution in [0.15, 0.2) is 42.5 Å². The number of hydrogen-bond acceptors (Lipinski definition) is 2. The Hall–Kier alpha value is -1.68. The molecule has 2 aromatic carbocycles. The molecule has 0 radical (unpaired) electrons. The van der Waals surface area contributed by atoms with Gasteiger partial charge in [0.05, 0.1) is 5.75 Å². The number of thioether (sulfide) groups is 1. The van der Waals surface area contributed by atoms with Crippen molar-refractivity contribution >= 4 is 17.5 Å². The molecule has 4 heteroatoms. The summed E-state index contributed by atoms with van der Waals surface area (Å²) in [6, 6.07) is 11.3. The van der Waals surface area contributed by atoms with Crippen LogP contribution in [0.4, 0.5) is 8.78 Å². The minimum absolute atomic E-state index is 0.193. The van der Waals surface area contributed by atoms with Crippen LogP contribution in [0.2, 0.25) is 0 Å². The lowest BCUT2D eigenvalue weighted by Gasteiger charge is -2.04. The molecule has 0 heterocycles. The second kappa shape index (κ2) is 6.66. The molecule has 0 saturated carbocycles. The molecule has 2 aromatic rings. The van der Waals surface area contributed by atoms with Crippen molar-refractivity contribution in [2.45, 2.75) is 12.7 Å². The largest absolute Gasteiger partial charge is 0.293 e. The van der Waals surface area contributed by atoms with Crippen LogP contribution in [0.1, 0.15) is 21.5 Å². The van der Waals surface area contributed by atoms with Crippen molar-refractivity contribution in [3.63, 3.8) is 0 Å². The van der Waals surface area contributed by atoms with Crippen molar-refractivity contribution in [2.24, 2.45) is 0 Å². The van der Waals surface area contributed by atoms with Crippen molar-refractivity contribution in [3.8, 4) is 0 Å². The van der Waals surface area contributed by atoms with Gasteiger partial charge in [0, 0.05) is 11.3 Å². The van der Waals surface area contributed by atoms with E-state index in [1.165, 1.54) is 23.4 Å². The van der Waals surface area contributed by atoms with Gasteiger partial charge in [-0.25, -0.2) is 8.78 Å². The van der Waals surface area contributed by atoms with E-state index in [-0.39, 0.29) is 17.1 Å². The Morgan fingerprint density at radius 3 is 2.60 bits per heavy atom. The Balaban J connectivity index is 1.90. The SMILES string of the molecule is Cc1cccc(CSCC(=O)c2ccc(F)c(F)c2)c1. The van der Waals surface area contributed by atoms with E-state index in [0.717, 1.165) is 23.4 Å². The summed E-state index contributed by atoms with van der Waals surface area (Å²) in [5.74, 6) is -1.15. The molecule has 0 unspecified atom stereocenters. The fourth-order valence-electron chi connectivity index (χ4n) is 1.82. The molecule has 0 aliphatic heterocycles. The van der Waals surface area contributed by atoms with E-state index in [1.54, 1.807) is 0 Å². The number of Topliss-reactive ketones (excluding diaryl/α,β-unsaturated/α-hetero) is 1. The van der Waals surface area contributed by atoms with E-state index < -0.39 is 11.6 Å². The number of benzene rings is 2. The van der Waals surface area contributed by atoms with E-state index in [4.69, 9.17) is 0 Å². The lowest BCUT2D eigenvalue weighted by molar-refractivity contribution is 0.102. The number of carbonyl (C=O) groups excluding carboxylic acids is 1. The molecule has 1 nitrogen and oxygen atoms in total. The molecular weight excluding hydrogens is 278 g/mol. The van der Waals surface area contributed by atoms with Gasteiger partial charge in [-0.2, -0.15) is 0 Å². The highest BCUT2D eigenvalue weighted by Crippen LogP contribution is 2.16. The van der Waals surface area contributed by atoms with Crippen molar-refractivity contribution < 1.29 is 13.6 Å². The van der Waals surface area contributed by atoms with Gasteiger partial charge in [-0.1, -0.05) is 29.8 Å². The number of ketones is 1. The van der Waals surface area contributed by atoms with Gasteiger partial charge in [0.15, 0.2) is 17.4 Å². The number of halogens is 2. The standard InChI is InChI=1S/C16H14F2OS/c1-11-3-2-4-12(7-11)9-20-10-16(19)13-5-6-14(17)15(18)8-13/h2-8H,9-10H2,1H3. The van der Waals surface area contributed by atoms with Crippen LogP contribution in [0.3, 0.4) is 0 Å². The summed E-state index contributed by atoms with van der Waals surface area (Å²) < 4.78 is 25.8. The third kappa shape index (κ3) is 3.90. The molecule has 0 amide bonds. The van der Waals surface area contributed by atoms with Gasteiger partial charge in [0.1, 0.15) is 0 Å². The Labute approximate surface area is 121 Å². The highest BCUT2D eigenvalue weighted by atomic mass is 32.2. The van der Waals surface area contributed by atoms with Gasteiger partial charge in [-0.3, -0.25) is 4.79 Å². The zero-order valence-corrected chi connectivity index (χ0v) is 11.8. The molecule has 0 bridgehead atoms. The molecule has 0 spiro atoms. The summed E-state index contributed by atoms with van der Waals surface area (Å²) in [5, 5.41) is 0. The van der Waals surface area contributed by atoms with Gasteiger partial charge in [-0.05, 0) is 30.7 Å². The average Bonchev–Trinajstić information content (AvgIpc) is 2.42. The Morgan fingerprint density at radius 2 is 1.90 bits per heavy atom. The van der Waals surface area contributed by atoms with Gasteiger partial charge in [0.2, 0.25) is 0 Å². The highest BCUT2D eigenvalue weighted by Gasteiger charge is 2.09. The summed E-state index contributed by atoms with van der Waals surface area (Å²) in [7, 11) is 0. The maximum absolute atomic E-state index is 13.0. The highest BCUT2D eigenvalue weighted by molar-refractivity contribution is 7.99. The van der Waals surface area contributed by atoms with E-state index >= 15 is 0 Å². The second-order valence-electron chi connectivity index (χ2n) is 4.53.